The number of hydrogen-bond donors (Lipinski definition) is 2. The number of halogens is 4. The predicted molar refractivity (Wildman–Crippen MR) is 82.7 cm³/mol. The van der Waals surface area contributed by atoms with Crippen LogP contribution in [0.2, 0.25) is 5.02 Å². The smallest absolute Gasteiger partial charge is 0.289 e. The SMILES string of the molecule is Cc1ccc([C@H](N2CCNCC2)C(F)(F)CO)cc1Cl.Cl. The first-order valence-corrected chi connectivity index (χ1v) is 7.03. The summed E-state index contributed by atoms with van der Waals surface area (Å²) in [4.78, 5) is 1.70. The lowest BCUT2D eigenvalue weighted by molar-refractivity contribution is -0.118. The lowest BCUT2D eigenvalue weighted by Gasteiger charge is -2.38. The molecule has 0 bridgehead atoms. The molecule has 0 saturated carbocycles. The van der Waals surface area contributed by atoms with Gasteiger partial charge in [-0.1, -0.05) is 23.7 Å². The maximum atomic E-state index is 14.2. The first-order chi connectivity index (χ1) is 9.45. The Morgan fingerprint density at radius 2 is 2.00 bits per heavy atom. The molecule has 1 heterocycles. The Kier molecular flexibility index (Phi) is 6.81. The number of piperazine rings is 1. The molecule has 1 aromatic carbocycles. The third-order valence-electron chi connectivity index (χ3n) is 3.64. The summed E-state index contributed by atoms with van der Waals surface area (Å²) in [6, 6.07) is 3.83. The second-order valence-electron chi connectivity index (χ2n) is 5.12. The highest BCUT2D eigenvalue weighted by Crippen LogP contribution is 2.37. The molecular weight excluding hydrogens is 321 g/mol. The molecule has 0 aromatic heterocycles. The number of rotatable bonds is 4. The van der Waals surface area contributed by atoms with Crippen LogP contribution in [0.1, 0.15) is 17.2 Å². The van der Waals surface area contributed by atoms with E-state index >= 15 is 0 Å². The zero-order valence-corrected chi connectivity index (χ0v) is 13.4. The molecule has 1 aromatic rings. The van der Waals surface area contributed by atoms with Crippen molar-refractivity contribution in [3.63, 3.8) is 0 Å². The van der Waals surface area contributed by atoms with Crippen LogP contribution in [-0.4, -0.2) is 48.7 Å². The van der Waals surface area contributed by atoms with Crippen LogP contribution < -0.4 is 5.32 Å². The standard InChI is InChI=1S/C14H19ClF2N2O.ClH/c1-10-2-3-11(8-12(10)15)13(14(16,17)9-20)19-6-4-18-5-7-19;/h2-3,8,13,18,20H,4-7,9H2,1H3;1H/t13-;/m0./s1. The molecule has 0 spiro atoms. The van der Waals surface area contributed by atoms with Gasteiger partial charge < -0.3 is 10.4 Å². The van der Waals surface area contributed by atoms with Gasteiger partial charge in [-0.2, -0.15) is 0 Å². The molecule has 2 N–H and O–H groups in total. The highest BCUT2D eigenvalue weighted by molar-refractivity contribution is 6.31. The molecule has 2 rings (SSSR count). The van der Waals surface area contributed by atoms with Crippen molar-refractivity contribution >= 4 is 24.0 Å². The molecule has 1 aliphatic rings. The van der Waals surface area contributed by atoms with Gasteiger partial charge in [-0.05, 0) is 24.1 Å². The molecule has 0 aliphatic carbocycles. The fraction of sp³-hybridized carbons (Fsp3) is 0.571. The van der Waals surface area contributed by atoms with Crippen molar-refractivity contribution in [3.8, 4) is 0 Å². The highest BCUT2D eigenvalue weighted by atomic mass is 35.5. The minimum atomic E-state index is -3.20. The minimum Gasteiger partial charge on any atom is -0.390 e. The Hall–Kier alpha value is -0.460. The van der Waals surface area contributed by atoms with Crippen molar-refractivity contribution in [1.29, 1.82) is 0 Å². The van der Waals surface area contributed by atoms with Gasteiger partial charge >= 0.3 is 0 Å². The number of hydrogen-bond acceptors (Lipinski definition) is 3. The summed E-state index contributed by atoms with van der Waals surface area (Å²) in [6.45, 7) is 3.02. The fourth-order valence-electron chi connectivity index (χ4n) is 2.53. The van der Waals surface area contributed by atoms with E-state index in [9.17, 15) is 8.78 Å². The van der Waals surface area contributed by atoms with Gasteiger partial charge in [0.15, 0.2) is 0 Å². The van der Waals surface area contributed by atoms with Crippen LogP contribution in [-0.2, 0) is 0 Å². The summed E-state index contributed by atoms with van der Waals surface area (Å²) >= 11 is 6.05. The molecule has 0 radical (unpaired) electrons. The lowest BCUT2D eigenvalue weighted by atomic mass is 9.97. The summed E-state index contributed by atoms with van der Waals surface area (Å²) in [5, 5.41) is 12.7. The molecule has 7 heteroatoms. The van der Waals surface area contributed by atoms with Gasteiger partial charge in [-0.15, -0.1) is 12.4 Å². The van der Waals surface area contributed by atoms with Gasteiger partial charge in [0.05, 0.1) is 0 Å². The van der Waals surface area contributed by atoms with Crippen molar-refractivity contribution < 1.29 is 13.9 Å². The number of nitrogens with one attached hydrogen (secondary N) is 1. The van der Waals surface area contributed by atoms with Gasteiger partial charge in [0.1, 0.15) is 12.6 Å². The Morgan fingerprint density at radius 3 is 2.52 bits per heavy atom. The van der Waals surface area contributed by atoms with Crippen LogP contribution in [0.25, 0.3) is 0 Å². The summed E-state index contributed by atoms with van der Waals surface area (Å²) in [5.74, 6) is -3.20. The third-order valence-corrected chi connectivity index (χ3v) is 4.05. The van der Waals surface area contributed by atoms with Crippen LogP contribution in [0.5, 0.6) is 0 Å². The van der Waals surface area contributed by atoms with E-state index in [1.54, 1.807) is 23.1 Å². The Bertz CT molecular complexity index is 468. The van der Waals surface area contributed by atoms with E-state index in [1.807, 2.05) is 6.92 Å². The van der Waals surface area contributed by atoms with E-state index in [1.165, 1.54) is 0 Å². The average molecular weight is 341 g/mol. The Balaban J connectivity index is 0.00000220. The molecule has 0 unspecified atom stereocenters. The van der Waals surface area contributed by atoms with Crippen molar-refractivity contribution in [2.75, 3.05) is 32.8 Å². The summed E-state index contributed by atoms with van der Waals surface area (Å²) in [5.41, 5.74) is 1.29. The maximum Gasteiger partial charge on any atom is 0.289 e. The van der Waals surface area contributed by atoms with Gasteiger partial charge in [-0.25, -0.2) is 8.78 Å². The van der Waals surface area contributed by atoms with Crippen molar-refractivity contribution in [1.82, 2.24) is 10.2 Å². The topological polar surface area (TPSA) is 35.5 Å². The monoisotopic (exact) mass is 340 g/mol. The molecule has 1 aliphatic heterocycles. The first kappa shape index (κ1) is 18.6. The Labute approximate surface area is 134 Å². The van der Waals surface area contributed by atoms with Crippen LogP contribution >= 0.6 is 24.0 Å². The van der Waals surface area contributed by atoms with Crippen molar-refractivity contribution in [2.24, 2.45) is 0 Å². The van der Waals surface area contributed by atoms with E-state index in [2.05, 4.69) is 5.32 Å². The number of alkyl halides is 2. The zero-order chi connectivity index (χ0) is 14.8. The zero-order valence-electron chi connectivity index (χ0n) is 11.8. The molecule has 21 heavy (non-hydrogen) atoms. The second kappa shape index (κ2) is 7.70. The van der Waals surface area contributed by atoms with E-state index < -0.39 is 18.6 Å². The van der Waals surface area contributed by atoms with Gasteiger partial charge in [0, 0.05) is 31.2 Å². The molecule has 3 nitrogen and oxygen atoms in total. The number of aliphatic hydroxyl groups is 1. The first-order valence-electron chi connectivity index (χ1n) is 6.65. The average Bonchev–Trinajstić information content (AvgIpc) is 2.44. The molecule has 1 atom stereocenters. The third kappa shape index (κ3) is 4.27. The van der Waals surface area contributed by atoms with E-state index in [-0.39, 0.29) is 12.4 Å². The maximum absolute atomic E-state index is 14.2. The number of benzene rings is 1. The van der Waals surface area contributed by atoms with Crippen molar-refractivity contribution in [3.05, 3.63) is 34.3 Å². The molecular formula is C14H20Cl2F2N2O. The number of aryl methyl sites for hydroxylation is 1. The van der Waals surface area contributed by atoms with Gasteiger partial charge in [-0.3, -0.25) is 4.90 Å². The fourth-order valence-corrected chi connectivity index (χ4v) is 2.72. The predicted octanol–water partition coefficient (Wildman–Crippen LogP) is 2.64. The van der Waals surface area contributed by atoms with E-state index in [0.717, 1.165) is 5.56 Å². The minimum absolute atomic E-state index is 0. The molecule has 1 saturated heterocycles. The van der Waals surface area contributed by atoms with Crippen LogP contribution in [0, 0.1) is 6.92 Å². The van der Waals surface area contributed by atoms with Crippen LogP contribution in [0.3, 0.4) is 0 Å². The lowest BCUT2D eigenvalue weighted by Crippen LogP contribution is -2.51. The van der Waals surface area contributed by atoms with Crippen molar-refractivity contribution in [2.45, 2.75) is 18.9 Å². The van der Waals surface area contributed by atoms with Gasteiger partial charge in [0.2, 0.25) is 0 Å². The highest BCUT2D eigenvalue weighted by Gasteiger charge is 2.44. The summed E-state index contributed by atoms with van der Waals surface area (Å²) < 4.78 is 28.3. The second-order valence-corrected chi connectivity index (χ2v) is 5.52. The normalized spacial score (nSPS) is 18.1. The van der Waals surface area contributed by atoms with Crippen LogP contribution in [0.15, 0.2) is 18.2 Å². The molecule has 120 valence electrons. The van der Waals surface area contributed by atoms with Crippen LogP contribution in [0.4, 0.5) is 8.78 Å². The molecule has 1 fully saturated rings. The number of nitrogens with zero attached hydrogens (tertiary/aromatic N) is 1. The number of aliphatic hydroxyl groups excluding tert-OH is 1. The Morgan fingerprint density at radius 1 is 1.38 bits per heavy atom. The van der Waals surface area contributed by atoms with E-state index in [4.69, 9.17) is 16.7 Å². The summed E-state index contributed by atoms with van der Waals surface area (Å²) in [6.07, 6.45) is 0. The largest absolute Gasteiger partial charge is 0.390 e. The molecule has 0 amide bonds. The van der Waals surface area contributed by atoms with Gasteiger partial charge in [0.25, 0.3) is 5.92 Å². The van der Waals surface area contributed by atoms with E-state index in [0.29, 0.717) is 36.8 Å². The quantitative estimate of drug-likeness (QED) is 0.884. The summed E-state index contributed by atoms with van der Waals surface area (Å²) in [7, 11) is 0.